The Hall–Kier alpha value is -0.770. The summed E-state index contributed by atoms with van der Waals surface area (Å²) in [6.45, 7) is 5.21. The van der Waals surface area contributed by atoms with Crippen molar-refractivity contribution in [3.63, 3.8) is 0 Å². The van der Waals surface area contributed by atoms with Gasteiger partial charge in [-0.25, -0.2) is 13.4 Å². The summed E-state index contributed by atoms with van der Waals surface area (Å²) < 4.78 is 29.3. The second-order valence-corrected chi connectivity index (χ2v) is 9.76. The van der Waals surface area contributed by atoms with Crippen LogP contribution < -0.4 is 5.32 Å². The Labute approximate surface area is 132 Å². The molecule has 0 amide bonds. The number of thioether (sulfide) groups is 1. The SMILES string of the molecule is CNc1nc2sccn2c1S(=O)(=O)N1CC(C)SC(C)C1. The summed E-state index contributed by atoms with van der Waals surface area (Å²) in [6.07, 6.45) is 1.76. The fourth-order valence-corrected chi connectivity index (χ4v) is 6.78. The number of sulfonamides is 1. The summed E-state index contributed by atoms with van der Waals surface area (Å²) in [5, 5.41) is 5.59. The van der Waals surface area contributed by atoms with Crippen molar-refractivity contribution in [2.45, 2.75) is 29.4 Å². The Kier molecular flexibility index (Phi) is 3.93. The minimum atomic E-state index is -3.56. The Morgan fingerprint density at radius 1 is 1.33 bits per heavy atom. The molecule has 1 aliphatic rings. The molecule has 1 fully saturated rings. The van der Waals surface area contributed by atoms with Gasteiger partial charge >= 0.3 is 0 Å². The quantitative estimate of drug-likeness (QED) is 0.920. The highest BCUT2D eigenvalue weighted by atomic mass is 32.2. The van der Waals surface area contributed by atoms with E-state index in [1.165, 1.54) is 11.3 Å². The van der Waals surface area contributed by atoms with Gasteiger partial charge in [0.2, 0.25) is 0 Å². The molecule has 0 saturated carbocycles. The van der Waals surface area contributed by atoms with Crippen molar-refractivity contribution in [1.82, 2.24) is 13.7 Å². The van der Waals surface area contributed by atoms with Gasteiger partial charge in [0.05, 0.1) is 0 Å². The predicted octanol–water partition coefficient (Wildman–Crippen LogP) is 1.95. The summed E-state index contributed by atoms with van der Waals surface area (Å²) >= 11 is 3.26. The van der Waals surface area contributed by atoms with Crippen LogP contribution in [0.15, 0.2) is 16.6 Å². The Morgan fingerprint density at radius 3 is 2.62 bits per heavy atom. The number of rotatable bonds is 3. The van der Waals surface area contributed by atoms with Crippen LogP contribution in [-0.2, 0) is 10.0 Å². The van der Waals surface area contributed by atoms with Gasteiger partial charge in [-0.15, -0.1) is 11.3 Å². The molecule has 2 aromatic heterocycles. The van der Waals surface area contributed by atoms with Gasteiger partial charge in [0.25, 0.3) is 10.0 Å². The van der Waals surface area contributed by atoms with Crippen LogP contribution in [-0.4, -0.2) is 52.7 Å². The zero-order valence-corrected chi connectivity index (χ0v) is 14.6. The van der Waals surface area contributed by atoms with E-state index in [2.05, 4.69) is 24.1 Å². The summed E-state index contributed by atoms with van der Waals surface area (Å²) in [4.78, 5) is 5.04. The largest absolute Gasteiger partial charge is 0.371 e. The molecule has 2 unspecified atom stereocenters. The maximum absolute atomic E-state index is 13.1. The molecule has 1 N–H and O–H groups in total. The van der Waals surface area contributed by atoms with Crippen molar-refractivity contribution in [3.05, 3.63) is 11.6 Å². The molecule has 0 bridgehead atoms. The minimum Gasteiger partial charge on any atom is -0.371 e. The number of imidazole rings is 1. The molecular formula is C12H18N4O2S3. The molecule has 0 aliphatic carbocycles. The fraction of sp³-hybridized carbons (Fsp3) is 0.583. The number of aromatic nitrogens is 2. The molecule has 116 valence electrons. The van der Waals surface area contributed by atoms with E-state index in [1.807, 2.05) is 17.1 Å². The molecule has 3 rings (SSSR count). The molecule has 1 saturated heterocycles. The molecule has 6 nitrogen and oxygen atoms in total. The molecule has 0 spiro atoms. The van der Waals surface area contributed by atoms with E-state index in [-0.39, 0.29) is 5.03 Å². The van der Waals surface area contributed by atoms with Gasteiger partial charge in [-0.05, 0) is 0 Å². The lowest BCUT2D eigenvalue weighted by molar-refractivity contribution is 0.403. The van der Waals surface area contributed by atoms with Crippen LogP contribution in [0.1, 0.15) is 13.8 Å². The zero-order valence-electron chi connectivity index (χ0n) is 12.1. The highest BCUT2D eigenvalue weighted by molar-refractivity contribution is 8.00. The molecule has 3 heterocycles. The van der Waals surface area contributed by atoms with Gasteiger partial charge in [0, 0.05) is 42.2 Å². The van der Waals surface area contributed by atoms with Crippen LogP contribution in [0.4, 0.5) is 5.82 Å². The fourth-order valence-electron chi connectivity index (χ4n) is 2.62. The van der Waals surface area contributed by atoms with Crippen LogP contribution in [0.2, 0.25) is 0 Å². The van der Waals surface area contributed by atoms with Crippen molar-refractivity contribution in [2.24, 2.45) is 0 Å². The average molecular weight is 347 g/mol. The van der Waals surface area contributed by atoms with Crippen LogP contribution in [0.5, 0.6) is 0 Å². The molecule has 21 heavy (non-hydrogen) atoms. The van der Waals surface area contributed by atoms with Crippen LogP contribution in [0, 0.1) is 0 Å². The first kappa shape index (κ1) is 15.1. The van der Waals surface area contributed by atoms with Crippen LogP contribution >= 0.6 is 23.1 Å². The third kappa shape index (κ3) is 2.56. The number of thiazole rings is 1. The van der Waals surface area contributed by atoms with E-state index in [4.69, 9.17) is 0 Å². The Balaban J connectivity index is 2.09. The minimum absolute atomic E-state index is 0.243. The van der Waals surface area contributed by atoms with E-state index in [9.17, 15) is 8.42 Å². The van der Waals surface area contributed by atoms with E-state index in [0.29, 0.717) is 34.4 Å². The molecule has 9 heteroatoms. The number of fused-ring (bicyclic) bond motifs is 1. The highest BCUT2D eigenvalue weighted by Crippen LogP contribution is 2.32. The van der Waals surface area contributed by atoms with E-state index in [1.54, 1.807) is 22.0 Å². The molecule has 2 aromatic rings. The van der Waals surface area contributed by atoms with Gasteiger partial charge in [0.15, 0.2) is 15.8 Å². The van der Waals surface area contributed by atoms with Gasteiger partial charge in [-0.2, -0.15) is 16.1 Å². The monoisotopic (exact) mass is 346 g/mol. The van der Waals surface area contributed by atoms with Crippen molar-refractivity contribution in [1.29, 1.82) is 0 Å². The Morgan fingerprint density at radius 2 is 2.00 bits per heavy atom. The third-order valence-electron chi connectivity index (χ3n) is 3.43. The molecule has 0 radical (unpaired) electrons. The lowest BCUT2D eigenvalue weighted by Gasteiger charge is -2.33. The van der Waals surface area contributed by atoms with Gasteiger partial charge in [-0.1, -0.05) is 13.8 Å². The van der Waals surface area contributed by atoms with Crippen molar-refractivity contribution in [3.8, 4) is 0 Å². The number of anilines is 1. The highest BCUT2D eigenvalue weighted by Gasteiger charge is 2.36. The zero-order chi connectivity index (χ0) is 15.2. The van der Waals surface area contributed by atoms with Crippen molar-refractivity contribution >= 4 is 43.9 Å². The molecular weight excluding hydrogens is 328 g/mol. The Bertz CT molecular complexity index is 742. The maximum atomic E-state index is 13.1. The number of hydrogen-bond donors (Lipinski definition) is 1. The predicted molar refractivity (Wildman–Crippen MR) is 87.9 cm³/mol. The third-order valence-corrected chi connectivity index (χ3v) is 7.27. The van der Waals surface area contributed by atoms with E-state index < -0.39 is 10.0 Å². The standard InChI is InChI=1S/C12H18N4O2S3/c1-8-6-15(7-9(2)20-8)21(17,18)11-10(13-3)14-12-16(11)4-5-19-12/h4-5,8-9,13H,6-7H2,1-3H3. The molecule has 1 aliphatic heterocycles. The van der Waals surface area contributed by atoms with Gasteiger partial charge < -0.3 is 5.32 Å². The lowest BCUT2D eigenvalue weighted by Crippen LogP contribution is -2.44. The van der Waals surface area contributed by atoms with Crippen molar-refractivity contribution in [2.75, 3.05) is 25.5 Å². The summed E-state index contributed by atoms with van der Waals surface area (Å²) in [7, 11) is -1.86. The lowest BCUT2D eigenvalue weighted by atomic mass is 10.4. The summed E-state index contributed by atoms with van der Waals surface area (Å²) in [6, 6.07) is 0. The van der Waals surface area contributed by atoms with E-state index in [0.717, 1.165) is 0 Å². The number of hydrogen-bond acceptors (Lipinski definition) is 6. The van der Waals surface area contributed by atoms with Gasteiger partial charge in [0.1, 0.15) is 0 Å². The summed E-state index contributed by atoms with van der Waals surface area (Å²) in [5.41, 5.74) is 0. The average Bonchev–Trinajstić information content (AvgIpc) is 2.96. The molecule has 0 aromatic carbocycles. The first-order valence-corrected chi connectivity index (χ1v) is 9.98. The van der Waals surface area contributed by atoms with Crippen molar-refractivity contribution < 1.29 is 8.42 Å². The van der Waals surface area contributed by atoms with Crippen LogP contribution in [0.25, 0.3) is 4.96 Å². The second kappa shape index (κ2) is 5.45. The first-order chi connectivity index (χ1) is 9.93. The maximum Gasteiger partial charge on any atom is 0.262 e. The topological polar surface area (TPSA) is 66.7 Å². The smallest absolute Gasteiger partial charge is 0.262 e. The number of nitrogens with zero attached hydrogens (tertiary/aromatic N) is 3. The summed E-state index contributed by atoms with van der Waals surface area (Å²) in [5.74, 6) is 0.417. The molecule has 2 atom stereocenters. The second-order valence-electron chi connectivity index (χ2n) is 5.15. The van der Waals surface area contributed by atoms with Crippen LogP contribution in [0.3, 0.4) is 0 Å². The number of nitrogens with one attached hydrogen (secondary N) is 1. The normalized spacial score (nSPS) is 24.5. The first-order valence-electron chi connectivity index (χ1n) is 6.72. The van der Waals surface area contributed by atoms with Gasteiger partial charge in [-0.3, -0.25) is 4.40 Å². The van der Waals surface area contributed by atoms with E-state index >= 15 is 0 Å².